The Hall–Kier alpha value is -2.69. The molecule has 3 aliphatic rings. The zero-order chi connectivity index (χ0) is 32.9. The van der Waals surface area contributed by atoms with Crippen molar-refractivity contribution in [3.05, 3.63) is 29.8 Å². The molecule has 1 aliphatic heterocycles. The predicted octanol–water partition coefficient (Wildman–Crippen LogP) is 5.16. The maximum atomic E-state index is 14.0. The van der Waals surface area contributed by atoms with Gasteiger partial charge in [-0.1, -0.05) is 34.1 Å². The molecule has 252 valence electrons. The highest BCUT2D eigenvalue weighted by atomic mass is 17.1. The van der Waals surface area contributed by atoms with Crippen LogP contribution in [0.4, 0.5) is 5.69 Å². The van der Waals surface area contributed by atoms with Gasteiger partial charge in [-0.15, -0.1) is 0 Å². The lowest BCUT2D eigenvalue weighted by molar-refractivity contribution is -0.412. The molecule has 2 saturated carbocycles. The molecule has 1 saturated heterocycles. The van der Waals surface area contributed by atoms with E-state index in [0.29, 0.717) is 43.2 Å². The first kappa shape index (κ1) is 35.2. The second-order valence-electron chi connectivity index (χ2n) is 14.0. The first-order valence-corrected chi connectivity index (χ1v) is 16.9. The molecule has 10 heteroatoms. The lowest BCUT2D eigenvalue weighted by atomic mass is 9.56. The molecule has 10 nitrogen and oxygen atoms in total. The summed E-state index contributed by atoms with van der Waals surface area (Å²) in [5.41, 5.74) is 0.797. The molecular weight excluding hydrogens is 574 g/mol. The zero-order valence-corrected chi connectivity index (χ0v) is 28.3. The normalized spacial score (nSPS) is 31.6. The maximum absolute atomic E-state index is 14.0. The third kappa shape index (κ3) is 7.33. The number of nitrogens with one attached hydrogen (secondary N) is 1. The Labute approximate surface area is 269 Å². The van der Waals surface area contributed by atoms with E-state index in [1.807, 2.05) is 38.1 Å². The Morgan fingerprint density at radius 2 is 1.76 bits per heavy atom. The molecule has 1 heterocycles. The number of ether oxygens (including phenoxy) is 2. The Morgan fingerprint density at radius 1 is 1.07 bits per heavy atom. The van der Waals surface area contributed by atoms with Gasteiger partial charge in [0.2, 0.25) is 5.91 Å². The molecule has 2 N–H and O–H groups in total. The molecule has 1 aromatic carbocycles. The van der Waals surface area contributed by atoms with Crippen LogP contribution < -0.4 is 10.2 Å². The van der Waals surface area contributed by atoms with E-state index in [-0.39, 0.29) is 48.3 Å². The molecule has 6 unspecified atom stereocenters. The summed E-state index contributed by atoms with van der Waals surface area (Å²) >= 11 is 0. The number of hydrogen-bond acceptors (Lipinski definition) is 8. The van der Waals surface area contributed by atoms with Crippen LogP contribution in [0.2, 0.25) is 0 Å². The fourth-order valence-electron chi connectivity index (χ4n) is 8.49. The summed E-state index contributed by atoms with van der Waals surface area (Å²) < 4.78 is 11.6. The molecule has 9 atom stereocenters. The van der Waals surface area contributed by atoms with E-state index in [4.69, 9.17) is 9.62 Å². The molecule has 3 fully saturated rings. The van der Waals surface area contributed by atoms with E-state index >= 15 is 0 Å². The Morgan fingerprint density at radius 3 is 2.38 bits per heavy atom. The molecule has 0 spiro atoms. The Kier molecular flexibility index (Phi) is 11.9. The minimum absolute atomic E-state index is 0.0489. The van der Waals surface area contributed by atoms with Crippen LogP contribution >= 0.6 is 0 Å². The highest BCUT2D eigenvalue weighted by molar-refractivity contribution is 5.98. The standard InChI is InChI=1S/C35H55N3O7/c1-8-29(33(40)36-21-32(39)43-7)38(34(41)25-13-15-26(16-14-25)37(5)6)19-9-10-30-24(4)28-18-12-23(3)27-17-11-22(2)20-31(44-30)35(27,28)45-42/h13-16,22-24,27-31,42H,8-12,17-21H2,1-7H3,(H,36,40)/t22?,23-,24?,27?,28?,29?,30?,31-,35-/m1/s1. The van der Waals surface area contributed by atoms with Crippen molar-refractivity contribution in [3.63, 3.8) is 0 Å². The molecule has 0 bridgehead atoms. The number of hydrogen-bond donors (Lipinski definition) is 2. The fourth-order valence-corrected chi connectivity index (χ4v) is 8.49. The van der Waals surface area contributed by atoms with Gasteiger partial charge in [0.1, 0.15) is 18.2 Å². The number of carbonyl (C=O) groups excluding carboxylic acids is 3. The highest BCUT2D eigenvalue weighted by Gasteiger charge is 2.63. The van der Waals surface area contributed by atoms with Crippen LogP contribution in [0, 0.1) is 29.6 Å². The molecule has 2 amide bonds. The van der Waals surface area contributed by atoms with Gasteiger partial charge in [-0.2, -0.15) is 0 Å². The van der Waals surface area contributed by atoms with Gasteiger partial charge >= 0.3 is 5.97 Å². The summed E-state index contributed by atoms with van der Waals surface area (Å²) in [6, 6.07) is 6.61. The van der Waals surface area contributed by atoms with E-state index < -0.39 is 17.6 Å². The maximum Gasteiger partial charge on any atom is 0.325 e. The average Bonchev–Trinajstić information content (AvgIpc) is 3.18. The summed E-state index contributed by atoms with van der Waals surface area (Å²) in [4.78, 5) is 48.2. The lowest BCUT2D eigenvalue weighted by Gasteiger charge is -2.59. The van der Waals surface area contributed by atoms with Gasteiger partial charge in [0, 0.05) is 31.9 Å². The molecular formula is C35H55N3O7. The third-order valence-corrected chi connectivity index (χ3v) is 11.1. The van der Waals surface area contributed by atoms with Crippen molar-refractivity contribution in [1.82, 2.24) is 10.2 Å². The summed E-state index contributed by atoms with van der Waals surface area (Å²) in [6.45, 7) is 8.75. The number of carbonyl (C=O) groups is 3. The minimum Gasteiger partial charge on any atom is -0.468 e. The molecule has 2 aliphatic carbocycles. The lowest BCUT2D eigenvalue weighted by Crippen LogP contribution is -2.66. The van der Waals surface area contributed by atoms with Crippen LogP contribution in [0.5, 0.6) is 0 Å². The number of benzene rings is 1. The Bertz CT molecular complexity index is 1160. The first-order chi connectivity index (χ1) is 21.5. The van der Waals surface area contributed by atoms with Gasteiger partial charge in [-0.3, -0.25) is 19.6 Å². The first-order valence-electron chi connectivity index (χ1n) is 16.9. The van der Waals surface area contributed by atoms with E-state index in [9.17, 15) is 19.6 Å². The van der Waals surface area contributed by atoms with Gasteiger partial charge in [0.25, 0.3) is 5.91 Å². The minimum atomic E-state index is -0.751. The van der Waals surface area contributed by atoms with Crippen LogP contribution in [0.15, 0.2) is 24.3 Å². The number of nitrogens with zero attached hydrogens (tertiary/aromatic N) is 2. The molecule has 4 rings (SSSR count). The van der Waals surface area contributed by atoms with Crippen molar-refractivity contribution in [1.29, 1.82) is 0 Å². The predicted molar refractivity (Wildman–Crippen MR) is 173 cm³/mol. The molecule has 45 heavy (non-hydrogen) atoms. The largest absolute Gasteiger partial charge is 0.468 e. The smallest absolute Gasteiger partial charge is 0.325 e. The van der Waals surface area contributed by atoms with Crippen molar-refractivity contribution in [2.45, 2.75) is 103 Å². The van der Waals surface area contributed by atoms with Crippen molar-refractivity contribution >= 4 is 23.5 Å². The summed E-state index contributed by atoms with van der Waals surface area (Å²) in [5, 5.41) is 13.2. The van der Waals surface area contributed by atoms with Gasteiger partial charge < -0.3 is 24.6 Å². The van der Waals surface area contributed by atoms with Gasteiger partial charge in [0.15, 0.2) is 0 Å². The number of anilines is 1. The highest BCUT2D eigenvalue weighted by Crippen LogP contribution is 2.57. The van der Waals surface area contributed by atoms with Crippen LogP contribution in [0.1, 0.15) is 89.4 Å². The van der Waals surface area contributed by atoms with E-state index in [1.54, 1.807) is 17.0 Å². The fraction of sp³-hybridized carbons (Fsp3) is 0.743. The Balaban J connectivity index is 1.53. The van der Waals surface area contributed by atoms with Gasteiger partial charge in [-0.25, -0.2) is 4.89 Å². The summed E-state index contributed by atoms with van der Waals surface area (Å²) in [6.07, 6.45) is 6.63. The second kappa shape index (κ2) is 15.3. The summed E-state index contributed by atoms with van der Waals surface area (Å²) in [7, 11) is 5.15. The molecule has 0 radical (unpaired) electrons. The van der Waals surface area contributed by atoms with Crippen molar-refractivity contribution in [2.24, 2.45) is 29.6 Å². The van der Waals surface area contributed by atoms with E-state index in [0.717, 1.165) is 37.8 Å². The van der Waals surface area contributed by atoms with Crippen LogP contribution in [-0.4, -0.2) is 86.1 Å². The quantitative estimate of drug-likeness (QED) is 0.185. The van der Waals surface area contributed by atoms with E-state index in [1.165, 1.54) is 7.11 Å². The SMILES string of the molecule is CCC(C(=O)NCC(=O)OC)N(CCCC1O[C@@H]2CC(C)CCC3[C@H](C)CCC(C1C)[C@]32OO)C(=O)c1ccc(N(C)C)cc1. The van der Waals surface area contributed by atoms with Crippen LogP contribution in [0.3, 0.4) is 0 Å². The van der Waals surface area contributed by atoms with E-state index in [2.05, 4.69) is 30.8 Å². The van der Waals surface area contributed by atoms with Crippen molar-refractivity contribution in [2.75, 3.05) is 39.2 Å². The number of rotatable bonds is 12. The summed E-state index contributed by atoms with van der Waals surface area (Å²) in [5.74, 6) is 0.416. The number of esters is 1. The van der Waals surface area contributed by atoms with Crippen molar-refractivity contribution < 1.29 is 34.0 Å². The van der Waals surface area contributed by atoms with Crippen LogP contribution in [0.25, 0.3) is 0 Å². The number of amides is 2. The van der Waals surface area contributed by atoms with Crippen LogP contribution in [-0.2, 0) is 24.0 Å². The second-order valence-corrected chi connectivity index (χ2v) is 14.0. The van der Waals surface area contributed by atoms with Gasteiger partial charge in [0.05, 0.1) is 19.3 Å². The average molecular weight is 630 g/mol. The monoisotopic (exact) mass is 629 g/mol. The zero-order valence-electron chi connectivity index (χ0n) is 28.3. The third-order valence-electron chi connectivity index (χ3n) is 11.1. The number of methoxy groups -OCH3 is 1. The van der Waals surface area contributed by atoms with Gasteiger partial charge in [-0.05, 0) is 98.8 Å². The topological polar surface area (TPSA) is 118 Å². The molecule has 1 aromatic rings. The van der Waals surface area contributed by atoms with Crippen molar-refractivity contribution in [3.8, 4) is 0 Å². The molecule has 0 aromatic heterocycles.